The van der Waals surface area contributed by atoms with Crippen molar-refractivity contribution in [3.05, 3.63) is 39.2 Å². The van der Waals surface area contributed by atoms with Crippen molar-refractivity contribution in [3.8, 4) is 5.75 Å². The van der Waals surface area contributed by atoms with E-state index in [1.807, 2.05) is 11.8 Å². The normalized spacial score (nSPS) is 20.7. The van der Waals surface area contributed by atoms with Gasteiger partial charge in [-0.3, -0.25) is 4.79 Å². The lowest BCUT2D eigenvalue weighted by Gasteiger charge is -2.34. The number of carbonyl (C=O) groups excluding carboxylic acids is 1. The predicted molar refractivity (Wildman–Crippen MR) is 97.3 cm³/mol. The zero-order valence-corrected chi connectivity index (χ0v) is 15.4. The van der Waals surface area contributed by atoms with Crippen LogP contribution in [0.3, 0.4) is 0 Å². The highest BCUT2D eigenvalue weighted by Crippen LogP contribution is 2.31. The number of fused-ring (bicyclic) bond motifs is 1. The fourth-order valence-electron chi connectivity index (χ4n) is 3.53. The van der Waals surface area contributed by atoms with E-state index in [9.17, 15) is 9.59 Å². The van der Waals surface area contributed by atoms with Gasteiger partial charge < -0.3 is 14.1 Å². The van der Waals surface area contributed by atoms with Crippen LogP contribution in [-0.4, -0.2) is 30.5 Å². The van der Waals surface area contributed by atoms with E-state index in [1.54, 1.807) is 12.1 Å². The molecule has 1 saturated heterocycles. The molecule has 1 fully saturated rings. The van der Waals surface area contributed by atoms with Crippen LogP contribution in [0.25, 0.3) is 11.0 Å². The maximum absolute atomic E-state index is 12.4. The summed E-state index contributed by atoms with van der Waals surface area (Å²) >= 11 is 6.26. The van der Waals surface area contributed by atoms with Crippen LogP contribution in [-0.2, 0) is 4.79 Å². The summed E-state index contributed by atoms with van der Waals surface area (Å²) in [4.78, 5) is 25.8. The van der Waals surface area contributed by atoms with Crippen LogP contribution in [0.5, 0.6) is 5.75 Å². The van der Waals surface area contributed by atoms with Gasteiger partial charge in [0.2, 0.25) is 0 Å². The number of hydrogen-bond donors (Lipinski definition) is 0. The highest BCUT2D eigenvalue weighted by molar-refractivity contribution is 6.32. The Labute approximate surface area is 151 Å². The molecule has 0 spiro atoms. The van der Waals surface area contributed by atoms with E-state index >= 15 is 0 Å². The summed E-state index contributed by atoms with van der Waals surface area (Å²) in [5.41, 5.74) is 0.759. The Morgan fingerprint density at radius 1 is 1.28 bits per heavy atom. The number of likely N-dealkylation sites (tertiary alicyclic amines) is 1. The highest BCUT2D eigenvalue weighted by atomic mass is 35.5. The van der Waals surface area contributed by atoms with Gasteiger partial charge >= 0.3 is 5.63 Å². The SMILES string of the molecule is Cc1cc(=O)oc2cc(OCC(=O)N3CC(C)CC(C)C3)c(Cl)cc12. The standard InChI is InChI=1S/C19H22ClNO4/c1-11-4-12(2)9-21(8-11)18(22)10-24-17-7-16-14(6-15(17)20)13(3)5-19(23)25-16/h5-7,11-12H,4,8-10H2,1-3H3. The number of rotatable bonds is 3. The molecule has 1 amide bonds. The van der Waals surface area contributed by atoms with Gasteiger partial charge in [0, 0.05) is 30.6 Å². The fraction of sp³-hybridized carbons (Fsp3) is 0.474. The third kappa shape index (κ3) is 3.98. The number of carbonyl (C=O) groups is 1. The van der Waals surface area contributed by atoms with Gasteiger partial charge in [-0.2, -0.15) is 0 Å². The van der Waals surface area contributed by atoms with Crippen LogP contribution in [0.2, 0.25) is 5.02 Å². The Morgan fingerprint density at radius 3 is 2.64 bits per heavy atom. The number of nitrogens with zero attached hydrogens (tertiary/aromatic N) is 1. The van der Waals surface area contributed by atoms with Crippen molar-refractivity contribution < 1.29 is 13.9 Å². The van der Waals surface area contributed by atoms with Gasteiger partial charge in [0.1, 0.15) is 11.3 Å². The van der Waals surface area contributed by atoms with E-state index in [1.165, 1.54) is 6.07 Å². The fourth-order valence-corrected chi connectivity index (χ4v) is 3.75. The topological polar surface area (TPSA) is 59.8 Å². The maximum atomic E-state index is 12.4. The summed E-state index contributed by atoms with van der Waals surface area (Å²) in [5.74, 6) is 1.28. The molecule has 1 aromatic heterocycles. The number of ether oxygens (including phenoxy) is 1. The van der Waals surface area contributed by atoms with E-state index in [2.05, 4.69) is 13.8 Å². The predicted octanol–water partition coefficient (Wildman–Crippen LogP) is 3.64. The Kier molecular flexibility index (Phi) is 5.04. The minimum atomic E-state index is -0.425. The summed E-state index contributed by atoms with van der Waals surface area (Å²) in [7, 11) is 0. The van der Waals surface area contributed by atoms with Crippen LogP contribution >= 0.6 is 11.6 Å². The van der Waals surface area contributed by atoms with Crippen molar-refractivity contribution in [3.63, 3.8) is 0 Å². The lowest BCUT2D eigenvalue weighted by molar-refractivity contribution is -0.136. The third-order valence-electron chi connectivity index (χ3n) is 4.58. The second-order valence-corrected chi connectivity index (χ2v) is 7.47. The zero-order chi connectivity index (χ0) is 18.1. The average Bonchev–Trinajstić information content (AvgIpc) is 2.52. The van der Waals surface area contributed by atoms with Crippen LogP contribution in [0.1, 0.15) is 25.8 Å². The summed E-state index contributed by atoms with van der Waals surface area (Å²) < 4.78 is 10.8. The lowest BCUT2D eigenvalue weighted by atomic mass is 9.92. The van der Waals surface area contributed by atoms with Crippen molar-refractivity contribution in [1.82, 2.24) is 4.90 Å². The molecular weight excluding hydrogens is 342 g/mol. The number of halogens is 1. The van der Waals surface area contributed by atoms with E-state index < -0.39 is 5.63 Å². The molecule has 0 radical (unpaired) electrons. The van der Waals surface area contributed by atoms with Gasteiger partial charge in [0.05, 0.1) is 5.02 Å². The monoisotopic (exact) mass is 363 g/mol. The zero-order valence-electron chi connectivity index (χ0n) is 14.7. The molecule has 2 heterocycles. The quantitative estimate of drug-likeness (QED) is 0.781. The summed E-state index contributed by atoms with van der Waals surface area (Å²) in [6, 6.07) is 4.68. The molecule has 5 nitrogen and oxygen atoms in total. The van der Waals surface area contributed by atoms with Gasteiger partial charge in [0.15, 0.2) is 6.61 Å². The molecule has 1 aliphatic rings. The molecule has 1 aromatic carbocycles. The molecular formula is C19H22ClNO4. The van der Waals surface area contributed by atoms with Crippen LogP contribution in [0.4, 0.5) is 0 Å². The Bertz CT molecular complexity index is 850. The molecule has 0 saturated carbocycles. The minimum absolute atomic E-state index is 0.0553. The van der Waals surface area contributed by atoms with E-state index in [-0.39, 0.29) is 12.5 Å². The molecule has 134 valence electrons. The first kappa shape index (κ1) is 17.8. The van der Waals surface area contributed by atoms with Gasteiger partial charge in [-0.1, -0.05) is 25.4 Å². The largest absolute Gasteiger partial charge is 0.482 e. The lowest BCUT2D eigenvalue weighted by Crippen LogP contribution is -2.44. The van der Waals surface area contributed by atoms with E-state index in [4.69, 9.17) is 20.8 Å². The molecule has 2 unspecified atom stereocenters. The van der Waals surface area contributed by atoms with Gasteiger partial charge in [-0.05, 0) is 36.8 Å². The Balaban J connectivity index is 1.75. The number of amides is 1. The third-order valence-corrected chi connectivity index (χ3v) is 4.87. The molecule has 25 heavy (non-hydrogen) atoms. The smallest absolute Gasteiger partial charge is 0.336 e. The van der Waals surface area contributed by atoms with Gasteiger partial charge in [0.25, 0.3) is 5.91 Å². The first-order valence-corrected chi connectivity index (χ1v) is 8.86. The van der Waals surface area contributed by atoms with Crippen molar-refractivity contribution in [2.24, 2.45) is 11.8 Å². The van der Waals surface area contributed by atoms with Gasteiger partial charge in [-0.25, -0.2) is 4.79 Å². The van der Waals surface area contributed by atoms with Crippen LogP contribution in [0.15, 0.2) is 27.4 Å². The molecule has 2 atom stereocenters. The molecule has 6 heteroatoms. The maximum Gasteiger partial charge on any atom is 0.336 e. The Hall–Kier alpha value is -2.01. The van der Waals surface area contributed by atoms with Crippen molar-refractivity contribution in [1.29, 1.82) is 0 Å². The average molecular weight is 364 g/mol. The summed E-state index contributed by atoms with van der Waals surface area (Å²) in [5, 5.41) is 1.14. The van der Waals surface area contributed by atoms with Gasteiger partial charge in [-0.15, -0.1) is 0 Å². The van der Waals surface area contributed by atoms with Crippen LogP contribution < -0.4 is 10.4 Å². The first-order chi connectivity index (χ1) is 11.8. The summed E-state index contributed by atoms with van der Waals surface area (Å²) in [6.07, 6.45) is 1.14. The number of aryl methyl sites for hydroxylation is 1. The number of piperidine rings is 1. The van der Waals surface area contributed by atoms with E-state index in [0.717, 1.165) is 30.5 Å². The molecule has 0 bridgehead atoms. The molecule has 0 aliphatic carbocycles. The van der Waals surface area contributed by atoms with E-state index in [0.29, 0.717) is 28.2 Å². The molecule has 0 N–H and O–H groups in total. The Morgan fingerprint density at radius 2 is 1.96 bits per heavy atom. The van der Waals surface area contributed by atoms with Crippen molar-refractivity contribution in [2.75, 3.05) is 19.7 Å². The van der Waals surface area contributed by atoms with Crippen molar-refractivity contribution >= 4 is 28.5 Å². The summed E-state index contributed by atoms with van der Waals surface area (Å²) in [6.45, 7) is 7.56. The number of benzene rings is 1. The molecule has 1 aliphatic heterocycles. The first-order valence-electron chi connectivity index (χ1n) is 8.48. The molecule has 3 rings (SSSR count). The van der Waals surface area contributed by atoms with Crippen molar-refractivity contribution in [2.45, 2.75) is 27.2 Å². The number of hydrogen-bond acceptors (Lipinski definition) is 4. The minimum Gasteiger partial charge on any atom is -0.482 e. The highest BCUT2D eigenvalue weighted by Gasteiger charge is 2.25. The van der Waals surface area contributed by atoms with Crippen LogP contribution in [0, 0.1) is 18.8 Å². The second-order valence-electron chi connectivity index (χ2n) is 7.06. The molecule has 2 aromatic rings. The second kappa shape index (κ2) is 7.08.